The third kappa shape index (κ3) is 5.35. The van der Waals surface area contributed by atoms with Crippen LogP contribution in [0.15, 0.2) is 48.5 Å². The molecule has 1 atom stereocenters. The highest BCUT2D eigenvalue weighted by molar-refractivity contribution is 5.91. The number of hydrogen-bond donors (Lipinski definition) is 1. The van der Waals surface area contributed by atoms with Crippen molar-refractivity contribution in [3.05, 3.63) is 59.7 Å². The van der Waals surface area contributed by atoms with Crippen LogP contribution in [-0.2, 0) is 16.1 Å². The SMILES string of the molecule is CCC(=O)Nc1ccc(N(C)C)c(CN(C(=O)CC)[C@H](C)c2ccccc2)c1. The molecule has 2 rings (SSSR count). The summed E-state index contributed by atoms with van der Waals surface area (Å²) in [6.45, 7) is 6.25. The van der Waals surface area contributed by atoms with Gasteiger partial charge in [0.15, 0.2) is 0 Å². The third-order valence-corrected chi connectivity index (χ3v) is 4.88. The molecule has 0 unspecified atom stereocenters. The van der Waals surface area contributed by atoms with Crippen molar-refractivity contribution in [1.82, 2.24) is 4.90 Å². The summed E-state index contributed by atoms with van der Waals surface area (Å²) in [6, 6.07) is 15.9. The zero-order valence-electron chi connectivity index (χ0n) is 17.5. The molecule has 5 nitrogen and oxygen atoms in total. The normalized spacial score (nSPS) is 11.6. The molecule has 2 amide bonds. The van der Waals surface area contributed by atoms with Gasteiger partial charge in [-0.3, -0.25) is 9.59 Å². The first kappa shape index (κ1) is 21.5. The van der Waals surface area contributed by atoms with Crippen molar-refractivity contribution in [2.24, 2.45) is 0 Å². The number of rotatable bonds is 8. The molecule has 28 heavy (non-hydrogen) atoms. The van der Waals surface area contributed by atoms with Crippen LogP contribution in [0, 0.1) is 0 Å². The van der Waals surface area contributed by atoms with Crippen molar-refractivity contribution in [1.29, 1.82) is 0 Å². The van der Waals surface area contributed by atoms with Crippen LogP contribution in [0.25, 0.3) is 0 Å². The monoisotopic (exact) mass is 381 g/mol. The lowest BCUT2D eigenvalue weighted by Crippen LogP contribution is -2.33. The number of hydrogen-bond acceptors (Lipinski definition) is 3. The van der Waals surface area contributed by atoms with Crippen molar-refractivity contribution >= 4 is 23.2 Å². The van der Waals surface area contributed by atoms with Crippen LogP contribution in [0.4, 0.5) is 11.4 Å². The first-order valence-electron chi connectivity index (χ1n) is 9.81. The Morgan fingerprint density at radius 1 is 1.00 bits per heavy atom. The van der Waals surface area contributed by atoms with Gasteiger partial charge in [-0.2, -0.15) is 0 Å². The summed E-state index contributed by atoms with van der Waals surface area (Å²) < 4.78 is 0. The minimum Gasteiger partial charge on any atom is -0.377 e. The van der Waals surface area contributed by atoms with E-state index in [2.05, 4.69) is 12.2 Å². The highest BCUT2D eigenvalue weighted by atomic mass is 16.2. The Hall–Kier alpha value is -2.82. The van der Waals surface area contributed by atoms with Gasteiger partial charge in [0.2, 0.25) is 11.8 Å². The van der Waals surface area contributed by atoms with Crippen molar-refractivity contribution in [2.75, 3.05) is 24.3 Å². The van der Waals surface area contributed by atoms with Gasteiger partial charge in [0.1, 0.15) is 0 Å². The fourth-order valence-electron chi connectivity index (χ4n) is 3.21. The Kier molecular flexibility index (Phi) is 7.61. The van der Waals surface area contributed by atoms with Crippen LogP contribution >= 0.6 is 0 Å². The van der Waals surface area contributed by atoms with Crippen LogP contribution in [0.5, 0.6) is 0 Å². The van der Waals surface area contributed by atoms with Gasteiger partial charge in [-0.15, -0.1) is 0 Å². The molecule has 0 aromatic heterocycles. The molecule has 1 N–H and O–H groups in total. The molecule has 0 fully saturated rings. The van der Waals surface area contributed by atoms with E-state index in [4.69, 9.17) is 0 Å². The van der Waals surface area contributed by atoms with E-state index in [1.54, 1.807) is 0 Å². The summed E-state index contributed by atoms with van der Waals surface area (Å²) in [5.74, 6) is 0.0757. The first-order valence-corrected chi connectivity index (χ1v) is 9.81. The summed E-state index contributed by atoms with van der Waals surface area (Å²) in [7, 11) is 3.96. The maximum absolute atomic E-state index is 12.8. The molecule has 5 heteroatoms. The predicted octanol–water partition coefficient (Wildman–Crippen LogP) is 4.60. The third-order valence-electron chi connectivity index (χ3n) is 4.88. The lowest BCUT2D eigenvalue weighted by Gasteiger charge is -2.31. The van der Waals surface area contributed by atoms with Gasteiger partial charge >= 0.3 is 0 Å². The van der Waals surface area contributed by atoms with E-state index in [-0.39, 0.29) is 17.9 Å². The molecule has 0 spiro atoms. The topological polar surface area (TPSA) is 52.7 Å². The lowest BCUT2D eigenvalue weighted by atomic mass is 10.0. The minimum absolute atomic E-state index is 0.0253. The van der Waals surface area contributed by atoms with E-state index >= 15 is 0 Å². The molecular weight excluding hydrogens is 350 g/mol. The standard InChI is InChI=1S/C23H31N3O2/c1-6-22(27)24-20-13-14-21(25(4)5)19(15-20)16-26(23(28)7-2)17(3)18-11-9-8-10-12-18/h8-15,17H,6-7,16H2,1-5H3,(H,24,27)/t17-/m1/s1. The number of benzene rings is 2. The van der Waals surface area contributed by atoms with E-state index in [0.717, 1.165) is 22.5 Å². The summed E-state index contributed by atoms with van der Waals surface area (Å²) in [6.07, 6.45) is 0.872. The average Bonchev–Trinajstić information content (AvgIpc) is 2.71. The van der Waals surface area contributed by atoms with E-state index in [1.165, 1.54) is 0 Å². The van der Waals surface area contributed by atoms with Crippen LogP contribution in [0.2, 0.25) is 0 Å². The molecule has 0 saturated heterocycles. The van der Waals surface area contributed by atoms with Crippen LogP contribution in [-0.4, -0.2) is 30.8 Å². The lowest BCUT2D eigenvalue weighted by molar-refractivity contribution is -0.133. The number of anilines is 2. The van der Waals surface area contributed by atoms with Gasteiger partial charge in [-0.25, -0.2) is 0 Å². The minimum atomic E-state index is -0.0439. The molecule has 2 aromatic carbocycles. The molecular formula is C23H31N3O2. The fourth-order valence-corrected chi connectivity index (χ4v) is 3.21. The maximum atomic E-state index is 12.8. The summed E-state index contributed by atoms with van der Waals surface area (Å²) in [4.78, 5) is 28.5. The Balaban J connectivity index is 2.39. The van der Waals surface area contributed by atoms with Crippen molar-refractivity contribution < 1.29 is 9.59 Å². The molecule has 0 aliphatic rings. The Labute approximate surface area is 168 Å². The maximum Gasteiger partial charge on any atom is 0.224 e. The van der Waals surface area contributed by atoms with Gasteiger partial charge in [0, 0.05) is 44.9 Å². The van der Waals surface area contributed by atoms with Gasteiger partial charge in [0.25, 0.3) is 0 Å². The Morgan fingerprint density at radius 2 is 1.68 bits per heavy atom. The molecule has 0 aliphatic carbocycles. The van der Waals surface area contributed by atoms with Gasteiger partial charge in [-0.1, -0.05) is 44.2 Å². The van der Waals surface area contributed by atoms with Gasteiger partial charge < -0.3 is 15.1 Å². The first-order chi connectivity index (χ1) is 13.4. The van der Waals surface area contributed by atoms with Gasteiger partial charge in [-0.05, 0) is 36.2 Å². The zero-order valence-corrected chi connectivity index (χ0v) is 17.5. The smallest absolute Gasteiger partial charge is 0.224 e. The average molecular weight is 382 g/mol. The van der Waals surface area contributed by atoms with Crippen molar-refractivity contribution in [3.63, 3.8) is 0 Å². The number of carbonyl (C=O) groups is 2. The second-order valence-electron chi connectivity index (χ2n) is 7.10. The zero-order chi connectivity index (χ0) is 20.7. The Morgan fingerprint density at radius 3 is 2.25 bits per heavy atom. The quantitative estimate of drug-likeness (QED) is 0.727. The number of nitrogens with one attached hydrogen (secondary N) is 1. The van der Waals surface area contributed by atoms with Crippen LogP contribution in [0.1, 0.15) is 50.8 Å². The number of amides is 2. The molecule has 150 valence electrons. The van der Waals surface area contributed by atoms with Crippen molar-refractivity contribution in [2.45, 2.75) is 46.2 Å². The summed E-state index contributed by atoms with van der Waals surface area (Å²) in [5, 5.41) is 2.91. The molecule has 0 saturated carbocycles. The van der Waals surface area contributed by atoms with Crippen LogP contribution in [0.3, 0.4) is 0 Å². The molecule has 0 radical (unpaired) electrons. The number of nitrogens with zero attached hydrogens (tertiary/aromatic N) is 2. The predicted molar refractivity (Wildman–Crippen MR) is 115 cm³/mol. The summed E-state index contributed by atoms with van der Waals surface area (Å²) >= 11 is 0. The van der Waals surface area contributed by atoms with Crippen molar-refractivity contribution in [3.8, 4) is 0 Å². The second-order valence-corrected chi connectivity index (χ2v) is 7.10. The molecule has 2 aromatic rings. The molecule has 0 heterocycles. The Bertz CT molecular complexity index is 803. The van der Waals surface area contributed by atoms with Crippen LogP contribution < -0.4 is 10.2 Å². The fraction of sp³-hybridized carbons (Fsp3) is 0.391. The molecule has 0 bridgehead atoms. The largest absolute Gasteiger partial charge is 0.377 e. The van der Waals surface area contributed by atoms with E-state index in [9.17, 15) is 9.59 Å². The van der Waals surface area contributed by atoms with E-state index in [0.29, 0.717) is 19.4 Å². The second kappa shape index (κ2) is 9.93. The highest BCUT2D eigenvalue weighted by Gasteiger charge is 2.22. The van der Waals surface area contributed by atoms with E-state index < -0.39 is 0 Å². The molecule has 0 aliphatic heterocycles. The highest BCUT2D eigenvalue weighted by Crippen LogP contribution is 2.29. The number of carbonyl (C=O) groups excluding carboxylic acids is 2. The van der Waals surface area contributed by atoms with Gasteiger partial charge in [0.05, 0.1) is 6.04 Å². The van der Waals surface area contributed by atoms with E-state index in [1.807, 2.05) is 86.3 Å². The summed E-state index contributed by atoms with van der Waals surface area (Å²) in [5.41, 5.74) is 3.89.